The maximum absolute atomic E-state index is 12.3. The van der Waals surface area contributed by atoms with Gasteiger partial charge in [-0.2, -0.15) is 4.98 Å². The summed E-state index contributed by atoms with van der Waals surface area (Å²) in [4.78, 5) is 30.2. The smallest absolute Gasteiger partial charge is 0.325 e. The highest BCUT2D eigenvalue weighted by atomic mass is 32.2. The number of hydrogen-bond acceptors (Lipinski definition) is 6. The summed E-state index contributed by atoms with van der Waals surface area (Å²) in [5.41, 5.74) is 4.53. The predicted octanol–water partition coefficient (Wildman–Crippen LogP) is 7.45. The molecule has 0 bridgehead atoms. The summed E-state index contributed by atoms with van der Waals surface area (Å²) < 4.78 is 11.3. The molecule has 0 atom stereocenters. The summed E-state index contributed by atoms with van der Waals surface area (Å²) >= 11 is 3.09. The van der Waals surface area contributed by atoms with E-state index in [0.717, 1.165) is 52.0 Å². The molecule has 40 heavy (non-hydrogen) atoms. The number of rotatable bonds is 13. The fourth-order valence-corrected chi connectivity index (χ4v) is 6.63. The molecule has 2 heterocycles. The number of ether oxygens (including phenoxy) is 1. The number of imidazole rings is 1. The van der Waals surface area contributed by atoms with Gasteiger partial charge in [-0.3, -0.25) is 9.52 Å². The molecule has 2 aromatic carbocycles. The van der Waals surface area contributed by atoms with Crippen LogP contribution in [0, 0.1) is 5.92 Å². The fourth-order valence-electron chi connectivity index (χ4n) is 4.36. The van der Waals surface area contributed by atoms with E-state index in [0.29, 0.717) is 36.4 Å². The molecule has 2 aromatic heterocycles. The Bertz CT molecular complexity index is 1410. The van der Waals surface area contributed by atoms with Crippen LogP contribution in [0.5, 0.6) is 5.88 Å². The van der Waals surface area contributed by atoms with Crippen molar-refractivity contribution in [2.45, 2.75) is 50.8 Å². The molecule has 0 aliphatic carbocycles. The van der Waals surface area contributed by atoms with Crippen molar-refractivity contribution in [1.82, 2.24) is 19.6 Å². The van der Waals surface area contributed by atoms with Crippen molar-refractivity contribution in [2.75, 3.05) is 13.7 Å². The Morgan fingerprint density at radius 2 is 1.88 bits per heavy atom. The first-order chi connectivity index (χ1) is 19.4. The van der Waals surface area contributed by atoms with E-state index in [1.165, 1.54) is 23.9 Å². The van der Waals surface area contributed by atoms with E-state index >= 15 is 0 Å². The Labute approximate surface area is 244 Å². The molecular weight excluding hydrogens is 541 g/mol. The molecule has 9 heteroatoms. The molecule has 2 amide bonds. The number of amides is 2. The van der Waals surface area contributed by atoms with Gasteiger partial charge in [0.15, 0.2) is 6.29 Å². The van der Waals surface area contributed by atoms with Crippen LogP contribution in [0.15, 0.2) is 64.9 Å². The molecule has 0 fully saturated rings. The topological polar surface area (TPSA) is 85.2 Å². The first kappa shape index (κ1) is 29.4. The van der Waals surface area contributed by atoms with Crippen LogP contribution in [0.3, 0.4) is 0 Å². The molecule has 0 spiro atoms. The summed E-state index contributed by atoms with van der Waals surface area (Å²) in [5, 5.41) is 2.91. The van der Waals surface area contributed by atoms with Crippen LogP contribution in [0.25, 0.3) is 22.5 Å². The second kappa shape index (κ2) is 14.2. The number of benzene rings is 2. The first-order valence-corrected chi connectivity index (χ1v) is 15.1. The van der Waals surface area contributed by atoms with E-state index in [-0.39, 0.29) is 6.03 Å². The summed E-state index contributed by atoms with van der Waals surface area (Å²) in [6, 6.07) is 20.2. The molecule has 7 nitrogen and oxygen atoms in total. The van der Waals surface area contributed by atoms with Crippen molar-refractivity contribution in [3.05, 3.63) is 76.8 Å². The number of nitrogens with zero attached hydrogens (tertiary/aromatic N) is 2. The molecule has 2 N–H and O–H groups in total. The number of carbonyl (C=O) groups excluding carboxylic acids is 2. The van der Waals surface area contributed by atoms with E-state index in [1.54, 1.807) is 11.3 Å². The van der Waals surface area contributed by atoms with E-state index in [1.807, 2.05) is 34.9 Å². The molecule has 210 valence electrons. The molecule has 0 radical (unpaired) electrons. The van der Waals surface area contributed by atoms with Gasteiger partial charge in [0, 0.05) is 41.0 Å². The zero-order valence-corrected chi connectivity index (χ0v) is 25.0. The zero-order valence-electron chi connectivity index (χ0n) is 23.4. The largest absolute Gasteiger partial charge is 0.479 e. The first-order valence-electron chi connectivity index (χ1n) is 13.5. The van der Waals surface area contributed by atoms with Gasteiger partial charge in [-0.25, -0.2) is 4.79 Å². The third-order valence-corrected chi connectivity index (χ3v) is 8.47. The SMILES string of the molecule is CCCCNC(=O)NSc1sc(CC(C)C)cc1-c1ccc(Cn2c(-c3ccccc3)nc(OC)c2C=O)cc1. The third kappa shape index (κ3) is 7.34. The van der Waals surface area contributed by atoms with Crippen LogP contribution in [0.1, 0.15) is 54.5 Å². The Morgan fingerprint density at radius 3 is 2.52 bits per heavy atom. The van der Waals surface area contributed by atoms with Crippen molar-refractivity contribution in [1.29, 1.82) is 0 Å². The average molecular weight is 577 g/mol. The molecule has 0 unspecified atom stereocenters. The number of aldehydes is 1. The van der Waals surface area contributed by atoms with E-state index < -0.39 is 0 Å². The quantitative estimate of drug-likeness (QED) is 0.0981. The third-order valence-electron chi connectivity index (χ3n) is 6.33. The maximum Gasteiger partial charge on any atom is 0.325 e. The number of unbranched alkanes of at least 4 members (excludes halogenated alkanes) is 1. The second-order valence-electron chi connectivity index (χ2n) is 9.92. The van der Waals surface area contributed by atoms with Gasteiger partial charge in [0.2, 0.25) is 5.88 Å². The highest BCUT2D eigenvalue weighted by Gasteiger charge is 2.19. The summed E-state index contributed by atoms with van der Waals surface area (Å²) in [6.07, 6.45) is 3.77. The van der Waals surface area contributed by atoms with Gasteiger partial charge in [-0.1, -0.05) is 81.8 Å². The van der Waals surface area contributed by atoms with Crippen molar-refractivity contribution in [3.8, 4) is 28.4 Å². The van der Waals surface area contributed by atoms with Crippen LogP contribution in [0.2, 0.25) is 0 Å². The lowest BCUT2D eigenvalue weighted by Gasteiger charge is -2.11. The van der Waals surface area contributed by atoms with Crippen molar-refractivity contribution >= 4 is 35.6 Å². The van der Waals surface area contributed by atoms with Gasteiger partial charge < -0.3 is 14.6 Å². The van der Waals surface area contributed by atoms with Crippen molar-refractivity contribution in [2.24, 2.45) is 5.92 Å². The van der Waals surface area contributed by atoms with Crippen molar-refractivity contribution in [3.63, 3.8) is 0 Å². The predicted molar refractivity (Wildman–Crippen MR) is 164 cm³/mol. The van der Waals surface area contributed by atoms with E-state index in [2.05, 4.69) is 66.1 Å². The van der Waals surface area contributed by atoms with E-state index in [9.17, 15) is 9.59 Å². The van der Waals surface area contributed by atoms with Gasteiger partial charge in [0.25, 0.3) is 0 Å². The summed E-state index contributed by atoms with van der Waals surface area (Å²) in [5.74, 6) is 1.53. The summed E-state index contributed by atoms with van der Waals surface area (Å²) in [6.45, 7) is 7.66. The van der Waals surface area contributed by atoms with Gasteiger partial charge in [-0.05, 0) is 36.0 Å². The summed E-state index contributed by atoms with van der Waals surface area (Å²) in [7, 11) is 1.52. The molecular formula is C31H36N4O3S2. The standard InChI is InChI=1S/C31H36N4O3S2/c1-5-6-16-32-31(37)34-40-30-26(18-25(39-30)17-21(2)3)23-14-12-22(13-15-23)19-35-27(20-36)29(38-4)33-28(35)24-10-8-7-9-11-24/h7-15,18,20-21H,5-6,16-17,19H2,1-4H3,(H2,32,34,37). The van der Waals surface area contributed by atoms with Crippen LogP contribution in [0.4, 0.5) is 4.79 Å². The maximum atomic E-state index is 12.3. The minimum absolute atomic E-state index is 0.172. The number of aromatic nitrogens is 2. The highest BCUT2D eigenvalue weighted by molar-refractivity contribution is 8.00. The monoisotopic (exact) mass is 576 g/mol. The molecule has 0 aliphatic rings. The van der Waals surface area contributed by atoms with E-state index in [4.69, 9.17) is 4.74 Å². The van der Waals surface area contributed by atoms with Gasteiger partial charge in [0.05, 0.1) is 11.3 Å². The lowest BCUT2D eigenvalue weighted by Crippen LogP contribution is -2.31. The van der Waals surface area contributed by atoms with Crippen molar-refractivity contribution < 1.29 is 14.3 Å². The fraction of sp³-hybridized carbons (Fsp3) is 0.323. The lowest BCUT2D eigenvalue weighted by atomic mass is 10.0. The second-order valence-corrected chi connectivity index (χ2v) is 12.1. The number of thiophene rings is 1. The van der Waals surface area contributed by atoms with Crippen LogP contribution >= 0.6 is 23.3 Å². The Hall–Kier alpha value is -3.56. The number of nitrogens with one attached hydrogen (secondary N) is 2. The molecule has 0 saturated carbocycles. The van der Waals surface area contributed by atoms with Gasteiger partial charge in [-0.15, -0.1) is 11.3 Å². The highest BCUT2D eigenvalue weighted by Crippen LogP contribution is 2.39. The number of methoxy groups -OCH3 is 1. The average Bonchev–Trinajstić information content (AvgIpc) is 3.53. The zero-order chi connectivity index (χ0) is 28.5. The normalized spacial score (nSPS) is 11.0. The molecule has 0 aliphatic heterocycles. The number of carbonyl (C=O) groups is 2. The Morgan fingerprint density at radius 1 is 1.12 bits per heavy atom. The number of hydrogen-bond donors (Lipinski definition) is 2. The Balaban J connectivity index is 1.58. The van der Waals surface area contributed by atoms with Gasteiger partial charge >= 0.3 is 6.03 Å². The van der Waals surface area contributed by atoms with Crippen LogP contribution in [-0.2, 0) is 13.0 Å². The van der Waals surface area contributed by atoms with Crippen LogP contribution < -0.4 is 14.8 Å². The molecule has 0 saturated heterocycles. The lowest BCUT2D eigenvalue weighted by molar-refractivity contribution is 0.111. The van der Waals surface area contributed by atoms with Crippen LogP contribution in [-0.4, -0.2) is 35.5 Å². The Kier molecular flexibility index (Phi) is 10.4. The van der Waals surface area contributed by atoms with Gasteiger partial charge in [0.1, 0.15) is 11.5 Å². The molecule has 4 rings (SSSR count). The minimum Gasteiger partial charge on any atom is -0.479 e. The number of urea groups is 1. The minimum atomic E-state index is -0.172. The molecule has 4 aromatic rings.